The van der Waals surface area contributed by atoms with Gasteiger partial charge in [0.1, 0.15) is 18.1 Å². The van der Waals surface area contributed by atoms with E-state index < -0.39 is 0 Å². The van der Waals surface area contributed by atoms with Crippen molar-refractivity contribution in [2.75, 3.05) is 33.9 Å². The van der Waals surface area contributed by atoms with E-state index in [0.29, 0.717) is 13.2 Å². The third-order valence-corrected chi connectivity index (χ3v) is 3.72. The lowest BCUT2D eigenvalue weighted by Gasteiger charge is -2.12. The van der Waals surface area contributed by atoms with Gasteiger partial charge in [-0.05, 0) is 43.0 Å². The van der Waals surface area contributed by atoms with E-state index in [1.807, 2.05) is 24.3 Å². The molecule has 1 aromatic rings. The molecule has 5 nitrogen and oxygen atoms in total. The normalized spacial score (nSPS) is 14.5. The molecule has 0 bridgehead atoms. The highest BCUT2D eigenvalue weighted by Crippen LogP contribution is 2.33. The number of benzene rings is 1. The highest BCUT2D eigenvalue weighted by molar-refractivity contribution is 5.79. The number of ether oxygens (including phenoxy) is 2. The maximum atomic E-state index is 5.66. The predicted octanol–water partition coefficient (Wildman–Crippen LogP) is 2.43. The standard InChI is InChI=1S/C17H27N3O2/c1-18-17(19-11-3-4-14-5-6-14)20-12-13-22-16-9-7-15(21-2)8-10-16/h7-10,14H,3-6,11-13H2,1-2H3,(H2,18,19,20). The van der Waals surface area contributed by atoms with Crippen molar-refractivity contribution in [3.8, 4) is 11.5 Å². The van der Waals surface area contributed by atoms with Gasteiger partial charge in [-0.3, -0.25) is 4.99 Å². The summed E-state index contributed by atoms with van der Waals surface area (Å²) in [6.07, 6.45) is 5.41. The van der Waals surface area contributed by atoms with Gasteiger partial charge in [0.15, 0.2) is 5.96 Å². The van der Waals surface area contributed by atoms with Crippen molar-refractivity contribution in [2.45, 2.75) is 25.7 Å². The number of hydrogen-bond acceptors (Lipinski definition) is 3. The Bertz CT molecular complexity index is 455. The number of aliphatic imine (C=N–C) groups is 1. The van der Waals surface area contributed by atoms with Crippen LogP contribution in [0.3, 0.4) is 0 Å². The molecule has 0 heterocycles. The van der Waals surface area contributed by atoms with E-state index >= 15 is 0 Å². The molecule has 1 aliphatic carbocycles. The Morgan fingerprint density at radius 1 is 1.14 bits per heavy atom. The van der Waals surface area contributed by atoms with Gasteiger partial charge in [0.2, 0.25) is 0 Å². The number of guanidine groups is 1. The summed E-state index contributed by atoms with van der Waals surface area (Å²) in [6, 6.07) is 7.60. The van der Waals surface area contributed by atoms with Crippen LogP contribution in [0.4, 0.5) is 0 Å². The molecule has 0 saturated heterocycles. The monoisotopic (exact) mass is 305 g/mol. The van der Waals surface area contributed by atoms with E-state index in [-0.39, 0.29) is 0 Å². The summed E-state index contributed by atoms with van der Waals surface area (Å²) < 4.78 is 10.8. The Morgan fingerprint density at radius 3 is 2.45 bits per heavy atom. The average Bonchev–Trinajstić information content (AvgIpc) is 3.38. The molecule has 0 radical (unpaired) electrons. The molecule has 5 heteroatoms. The Labute approximate surface area is 133 Å². The van der Waals surface area contributed by atoms with Gasteiger partial charge in [0, 0.05) is 13.6 Å². The van der Waals surface area contributed by atoms with Crippen molar-refractivity contribution >= 4 is 5.96 Å². The third kappa shape index (κ3) is 6.24. The summed E-state index contributed by atoms with van der Waals surface area (Å²) in [4.78, 5) is 4.21. The van der Waals surface area contributed by atoms with Crippen LogP contribution in [-0.4, -0.2) is 39.8 Å². The Kier molecular flexibility index (Phi) is 6.87. The van der Waals surface area contributed by atoms with Crippen LogP contribution in [-0.2, 0) is 0 Å². The Hall–Kier alpha value is -1.91. The number of rotatable bonds is 9. The number of methoxy groups -OCH3 is 1. The SMILES string of the molecule is CN=C(NCCCC1CC1)NCCOc1ccc(OC)cc1. The lowest BCUT2D eigenvalue weighted by atomic mass is 10.2. The van der Waals surface area contributed by atoms with Gasteiger partial charge < -0.3 is 20.1 Å². The van der Waals surface area contributed by atoms with Crippen LogP contribution < -0.4 is 20.1 Å². The minimum absolute atomic E-state index is 0.592. The molecule has 0 spiro atoms. The first kappa shape index (κ1) is 16.5. The quantitative estimate of drug-likeness (QED) is 0.418. The number of nitrogens with zero attached hydrogens (tertiary/aromatic N) is 1. The molecule has 22 heavy (non-hydrogen) atoms. The third-order valence-electron chi connectivity index (χ3n) is 3.72. The van der Waals surface area contributed by atoms with Crippen LogP contribution in [0.15, 0.2) is 29.3 Å². The highest BCUT2D eigenvalue weighted by atomic mass is 16.5. The molecule has 0 aromatic heterocycles. The summed E-state index contributed by atoms with van der Waals surface area (Å²) in [5.41, 5.74) is 0. The topological polar surface area (TPSA) is 54.9 Å². The molecule has 1 fully saturated rings. The second kappa shape index (κ2) is 9.18. The summed E-state index contributed by atoms with van der Waals surface area (Å²) in [5, 5.41) is 6.59. The molecule has 0 atom stereocenters. The largest absolute Gasteiger partial charge is 0.497 e. The lowest BCUT2D eigenvalue weighted by Crippen LogP contribution is -2.39. The number of nitrogens with one attached hydrogen (secondary N) is 2. The van der Waals surface area contributed by atoms with Crippen molar-refractivity contribution in [1.29, 1.82) is 0 Å². The predicted molar refractivity (Wildman–Crippen MR) is 89.8 cm³/mol. The highest BCUT2D eigenvalue weighted by Gasteiger charge is 2.19. The van der Waals surface area contributed by atoms with E-state index in [4.69, 9.17) is 9.47 Å². The second-order valence-electron chi connectivity index (χ2n) is 5.54. The summed E-state index contributed by atoms with van der Waals surface area (Å²) in [6.45, 7) is 2.29. The van der Waals surface area contributed by atoms with Crippen molar-refractivity contribution in [3.63, 3.8) is 0 Å². The van der Waals surface area contributed by atoms with E-state index in [1.165, 1.54) is 25.7 Å². The van der Waals surface area contributed by atoms with Gasteiger partial charge >= 0.3 is 0 Å². The van der Waals surface area contributed by atoms with Gasteiger partial charge in [-0.25, -0.2) is 0 Å². The smallest absolute Gasteiger partial charge is 0.191 e. The van der Waals surface area contributed by atoms with E-state index in [9.17, 15) is 0 Å². The van der Waals surface area contributed by atoms with Crippen molar-refractivity contribution < 1.29 is 9.47 Å². The summed E-state index contributed by atoms with van der Waals surface area (Å²) in [7, 11) is 3.45. The molecule has 0 aliphatic heterocycles. The van der Waals surface area contributed by atoms with Gasteiger partial charge in [-0.15, -0.1) is 0 Å². The fourth-order valence-corrected chi connectivity index (χ4v) is 2.23. The molecule has 2 rings (SSSR count). The van der Waals surface area contributed by atoms with Crippen molar-refractivity contribution in [1.82, 2.24) is 10.6 Å². The Balaban J connectivity index is 1.55. The zero-order valence-electron chi connectivity index (χ0n) is 13.6. The molecule has 1 aromatic carbocycles. The van der Waals surface area contributed by atoms with Crippen LogP contribution in [0.5, 0.6) is 11.5 Å². The zero-order valence-corrected chi connectivity index (χ0v) is 13.6. The number of hydrogen-bond donors (Lipinski definition) is 2. The average molecular weight is 305 g/mol. The first-order valence-electron chi connectivity index (χ1n) is 8.03. The van der Waals surface area contributed by atoms with Crippen LogP contribution in [0.2, 0.25) is 0 Å². The molecule has 1 saturated carbocycles. The summed E-state index contributed by atoms with van der Waals surface area (Å²) >= 11 is 0. The van der Waals surface area contributed by atoms with Crippen molar-refractivity contribution in [2.24, 2.45) is 10.9 Å². The van der Waals surface area contributed by atoms with Gasteiger partial charge in [0.05, 0.1) is 13.7 Å². The van der Waals surface area contributed by atoms with E-state index in [2.05, 4.69) is 15.6 Å². The maximum absolute atomic E-state index is 5.66. The van der Waals surface area contributed by atoms with Crippen LogP contribution in [0, 0.1) is 5.92 Å². The minimum Gasteiger partial charge on any atom is -0.497 e. The van der Waals surface area contributed by atoms with E-state index in [1.54, 1.807) is 14.2 Å². The Morgan fingerprint density at radius 2 is 1.82 bits per heavy atom. The fraction of sp³-hybridized carbons (Fsp3) is 0.588. The first-order valence-corrected chi connectivity index (χ1v) is 8.03. The minimum atomic E-state index is 0.592. The molecule has 1 aliphatic rings. The molecule has 0 amide bonds. The van der Waals surface area contributed by atoms with Crippen LogP contribution >= 0.6 is 0 Å². The maximum Gasteiger partial charge on any atom is 0.191 e. The van der Waals surface area contributed by atoms with Gasteiger partial charge in [-0.1, -0.05) is 12.8 Å². The molecular formula is C17H27N3O2. The summed E-state index contributed by atoms with van der Waals surface area (Å²) in [5.74, 6) is 3.51. The molecule has 2 N–H and O–H groups in total. The molecular weight excluding hydrogens is 278 g/mol. The molecule has 0 unspecified atom stereocenters. The van der Waals surface area contributed by atoms with Crippen LogP contribution in [0.1, 0.15) is 25.7 Å². The fourth-order valence-electron chi connectivity index (χ4n) is 2.23. The zero-order chi connectivity index (χ0) is 15.6. The van der Waals surface area contributed by atoms with Gasteiger partial charge in [-0.2, -0.15) is 0 Å². The van der Waals surface area contributed by atoms with Crippen molar-refractivity contribution in [3.05, 3.63) is 24.3 Å². The first-order chi connectivity index (χ1) is 10.8. The lowest BCUT2D eigenvalue weighted by molar-refractivity contribution is 0.321. The van der Waals surface area contributed by atoms with Gasteiger partial charge in [0.25, 0.3) is 0 Å². The van der Waals surface area contributed by atoms with Crippen LogP contribution in [0.25, 0.3) is 0 Å². The second-order valence-corrected chi connectivity index (χ2v) is 5.54. The van der Waals surface area contributed by atoms with E-state index in [0.717, 1.165) is 29.9 Å². The molecule has 122 valence electrons.